The smallest absolute Gasteiger partial charge is 0.0791 e. The van der Waals surface area contributed by atoms with E-state index in [1.807, 2.05) is 0 Å². The number of hydrogen-bond acceptors (Lipinski definition) is 3. The average Bonchev–Trinajstić information content (AvgIpc) is 2.11. The van der Waals surface area contributed by atoms with Crippen molar-refractivity contribution in [3.8, 4) is 0 Å². The molecule has 0 rings (SSSR count). The van der Waals surface area contributed by atoms with Crippen LogP contribution in [0.1, 0.15) is 48.5 Å². The van der Waals surface area contributed by atoms with E-state index in [-0.39, 0.29) is 11.6 Å². The maximum Gasteiger partial charge on any atom is 0.0791 e. The largest absolute Gasteiger partial charge is 0.390 e. The van der Waals surface area contributed by atoms with Gasteiger partial charge >= 0.3 is 0 Å². The van der Waals surface area contributed by atoms with Crippen LogP contribution in [-0.4, -0.2) is 47.3 Å². The predicted molar refractivity (Wildman–Crippen MR) is 75.3 cm³/mol. The van der Waals surface area contributed by atoms with Crippen LogP contribution in [-0.2, 0) is 0 Å². The molecule has 0 aliphatic heterocycles. The van der Waals surface area contributed by atoms with Crippen molar-refractivity contribution >= 4 is 0 Å². The fourth-order valence-electron chi connectivity index (χ4n) is 1.72. The topological polar surface area (TPSA) is 35.5 Å². The molecule has 0 amide bonds. The van der Waals surface area contributed by atoms with Crippen LogP contribution < -0.4 is 5.32 Å². The number of nitrogens with zero attached hydrogens (tertiary/aromatic N) is 1. The van der Waals surface area contributed by atoms with Gasteiger partial charge in [0.15, 0.2) is 0 Å². The second-order valence-corrected chi connectivity index (χ2v) is 6.73. The Labute approximate surface area is 108 Å². The molecule has 0 fully saturated rings. The quantitative estimate of drug-likeness (QED) is 0.720. The van der Waals surface area contributed by atoms with E-state index in [0.29, 0.717) is 18.5 Å². The van der Waals surface area contributed by atoms with Crippen LogP contribution in [0.15, 0.2) is 0 Å². The highest BCUT2D eigenvalue weighted by Gasteiger charge is 2.17. The number of rotatable bonds is 7. The normalized spacial score (nSPS) is 15.0. The number of β-amino-alcohol motifs (C(OH)–C–C–N with tert-alkyl or cyclic N) is 1. The van der Waals surface area contributed by atoms with Crippen molar-refractivity contribution in [3.63, 3.8) is 0 Å². The standard InChI is InChI=1S/C14H32N2O/c1-11(2)9-16(12(3)4)10-13(17)8-15-14(5,6)7/h11-13,15,17H,8-10H2,1-7H3. The molecular formula is C14H32N2O. The summed E-state index contributed by atoms with van der Waals surface area (Å²) < 4.78 is 0. The molecule has 0 aliphatic carbocycles. The van der Waals surface area contributed by atoms with Crippen LogP contribution in [0.2, 0.25) is 0 Å². The van der Waals surface area contributed by atoms with Gasteiger partial charge in [0.1, 0.15) is 0 Å². The van der Waals surface area contributed by atoms with Gasteiger partial charge in [0, 0.05) is 31.2 Å². The zero-order chi connectivity index (χ0) is 13.6. The van der Waals surface area contributed by atoms with E-state index in [4.69, 9.17) is 0 Å². The van der Waals surface area contributed by atoms with Gasteiger partial charge < -0.3 is 10.4 Å². The number of aliphatic hydroxyl groups excluding tert-OH is 1. The fourth-order valence-corrected chi connectivity index (χ4v) is 1.72. The molecule has 3 nitrogen and oxygen atoms in total. The van der Waals surface area contributed by atoms with Gasteiger partial charge in [-0.1, -0.05) is 13.8 Å². The Bertz CT molecular complexity index is 197. The molecule has 0 aromatic carbocycles. The molecule has 2 N–H and O–H groups in total. The summed E-state index contributed by atoms with van der Waals surface area (Å²) in [4.78, 5) is 2.35. The van der Waals surface area contributed by atoms with E-state index in [1.165, 1.54) is 0 Å². The van der Waals surface area contributed by atoms with Gasteiger partial charge in [0.25, 0.3) is 0 Å². The van der Waals surface area contributed by atoms with Crippen LogP contribution in [0.25, 0.3) is 0 Å². The summed E-state index contributed by atoms with van der Waals surface area (Å²) in [5.74, 6) is 0.639. The second kappa shape index (κ2) is 7.34. The number of nitrogens with one attached hydrogen (secondary N) is 1. The average molecular weight is 244 g/mol. The molecule has 0 radical (unpaired) electrons. The first-order valence-corrected chi connectivity index (χ1v) is 6.79. The van der Waals surface area contributed by atoms with Gasteiger partial charge in [0.2, 0.25) is 0 Å². The van der Waals surface area contributed by atoms with Crippen molar-refractivity contribution in [3.05, 3.63) is 0 Å². The number of aliphatic hydroxyl groups is 1. The molecule has 1 atom stereocenters. The third-order valence-corrected chi connectivity index (χ3v) is 2.64. The first kappa shape index (κ1) is 16.9. The highest BCUT2D eigenvalue weighted by Crippen LogP contribution is 2.06. The van der Waals surface area contributed by atoms with Gasteiger partial charge in [-0.2, -0.15) is 0 Å². The molecule has 0 aliphatic rings. The molecule has 0 heterocycles. The van der Waals surface area contributed by atoms with Crippen LogP contribution in [0.5, 0.6) is 0 Å². The highest BCUT2D eigenvalue weighted by atomic mass is 16.3. The fraction of sp³-hybridized carbons (Fsp3) is 1.00. The Hall–Kier alpha value is -0.120. The van der Waals surface area contributed by atoms with E-state index in [2.05, 4.69) is 58.7 Å². The minimum atomic E-state index is -0.296. The van der Waals surface area contributed by atoms with Gasteiger partial charge in [-0.05, 0) is 40.5 Å². The first-order valence-electron chi connectivity index (χ1n) is 6.79. The van der Waals surface area contributed by atoms with Crippen molar-refractivity contribution in [2.75, 3.05) is 19.6 Å². The zero-order valence-electron chi connectivity index (χ0n) is 12.7. The minimum absolute atomic E-state index is 0.0711. The molecule has 0 saturated heterocycles. The van der Waals surface area contributed by atoms with Crippen LogP contribution in [0.4, 0.5) is 0 Å². The van der Waals surface area contributed by atoms with Crippen molar-refractivity contribution in [1.29, 1.82) is 0 Å². The SMILES string of the molecule is CC(C)CN(CC(O)CNC(C)(C)C)C(C)C. The van der Waals surface area contributed by atoms with E-state index in [0.717, 1.165) is 13.1 Å². The predicted octanol–water partition coefficient (Wildman–Crippen LogP) is 2.10. The Morgan fingerprint density at radius 1 is 1.06 bits per heavy atom. The monoisotopic (exact) mass is 244 g/mol. The van der Waals surface area contributed by atoms with Crippen molar-refractivity contribution < 1.29 is 5.11 Å². The Kier molecular flexibility index (Phi) is 7.29. The Morgan fingerprint density at radius 3 is 1.94 bits per heavy atom. The summed E-state index contributed by atoms with van der Waals surface area (Å²) in [7, 11) is 0. The molecular weight excluding hydrogens is 212 g/mol. The highest BCUT2D eigenvalue weighted by molar-refractivity contribution is 4.76. The molecule has 0 saturated carbocycles. The number of hydrogen-bond donors (Lipinski definition) is 2. The summed E-state index contributed by atoms with van der Waals surface area (Å²) >= 11 is 0. The Morgan fingerprint density at radius 2 is 1.59 bits per heavy atom. The van der Waals surface area contributed by atoms with Crippen LogP contribution in [0.3, 0.4) is 0 Å². The third kappa shape index (κ3) is 9.57. The molecule has 0 aromatic heterocycles. The van der Waals surface area contributed by atoms with Gasteiger partial charge in [-0.25, -0.2) is 0 Å². The van der Waals surface area contributed by atoms with Crippen molar-refractivity contribution in [1.82, 2.24) is 10.2 Å². The van der Waals surface area contributed by atoms with E-state index < -0.39 is 0 Å². The van der Waals surface area contributed by atoms with Crippen molar-refractivity contribution in [2.45, 2.75) is 66.2 Å². The molecule has 1 unspecified atom stereocenters. The zero-order valence-corrected chi connectivity index (χ0v) is 12.7. The molecule has 0 spiro atoms. The van der Waals surface area contributed by atoms with E-state index in [1.54, 1.807) is 0 Å². The molecule has 0 aromatic rings. The van der Waals surface area contributed by atoms with Crippen LogP contribution >= 0.6 is 0 Å². The lowest BCUT2D eigenvalue weighted by molar-refractivity contribution is 0.0826. The molecule has 104 valence electrons. The van der Waals surface area contributed by atoms with Crippen LogP contribution in [0, 0.1) is 5.92 Å². The molecule has 0 bridgehead atoms. The Balaban J connectivity index is 4.08. The molecule has 17 heavy (non-hydrogen) atoms. The second-order valence-electron chi connectivity index (χ2n) is 6.73. The van der Waals surface area contributed by atoms with Gasteiger partial charge in [-0.15, -0.1) is 0 Å². The lowest BCUT2D eigenvalue weighted by Gasteiger charge is -2.31. The molecule has 3 heteroatoms. The minimum Gasteiger partial charge on any atom is -0.390 e. The maximum atomic E-state index is 10.0. The summed E-state index contributed by atoms with van der Waals surface area (Å²) in [6.45, 7) is 17.6. The first-order chi connectivity index (χ1) is 7.61. The summed E-state index contributed by atoms with van der Waals surface area (Å²) in [6, 6.07) is 0.488. The summed E-state index contributed by atoms with van der Waals surface area (Å²) in [5.41, 5.74) is 0.0711. The van der Waals surface area contributed by atoms with E-state index >= 15 is 0 Å². The summed E-state index contributed by atoms with van der Waals surface area (Å²) in [6.07, 6.45) is -0.296. The third-order valence-electron chi connectivity index (χ3n) is 2.64. The lowest BCUT2D eigenvalue weighted by atomic mass is 10.1. The maximum absolute atomic E-state index is 10.0. The van der Waals surface area contributed by atoms with E-state index in [9.17, 15) is 5.11 Å². The lowest BCUT2D eigenvalue weighted by Crippen LogP contribution is -2.46. The summed E-state index contributed by atoms with van der Waals surface area (Å²) in [5, 5.41) is 13.4. The van der Waals surface area contributed by atoms with Gasteiger partial charge in [0.05, 0.1) is 6.10 Å². The van der Waals surface area contributed by atoms with Crippen molar-refractivity contribution in [2.24, 2.45) is 5.92 Å². The van der Waals surface area contributed by atoms with Gasteiger partial charge in [-0.3, -0.25) is 4.90 Å².